The first kappa shape index (κ1) is 12.2. The monoisotopic (exact) mass is 210 g/mol. The molecule has 15 heavy (non-hydrogen) atoms. The zero-order valence-electron chi connectivity index (χ0n) is 9.98. The molecule has 1 atom stereocenters. The van der Waals surface area contributed by atoms with Crippen LogP contribution in [-0.4, -0.2) is 20.8 Å². The quantitative estimate of drug-likeness (QED) is 0.776. The second-order valence-electron chi connectivity index (χ2n) is 4.55. The van der Waals surface area contributed by atoms with E-state index >= 15 is 0 Å². The van der Waals surface area contributed by atoms with Crippen LogP contribution in [0.25, 0.3) is 0 Å². The van der Waals surface area contributed by atoms with Crippen LogP contribution < -0.4 is 5.73 Å². The Hall–Kier alpha value is -0.900. The molecule has 1 rings (SSSR count). The lowest BCUT2D eigenvalue weighted by molar-refractivity contribution is 0.489. The molecule has 0 aliphatic rings. The zero-order valence-corrected chi connectivity index (χ0v) is 9.98. The molecule has 4 nitrogen and oxygen atoms in total. The molecular formula is C11H22N4. The maximum absolute atomic E-state index is 5.99. The van der Waals surface area contributed by atoms with Crippen molar-refractivity contribution in [1.29, 1.82) is 0 Å². The lowest BCUT2D eigenvalue weighted by Gasteiger charge is -2.12. The van der Waals surface area contributed by atoms with Crippen molar-refractivity contribution in [1.82, 2.24) is 14.8 Å². The largest absolute Gasteiger partial charge is 0.327 e. The van der Waals surface area contributed by atoms with E-state index in [1.165, 1.54) is 0 Å². The van der Waals surface area contributed by atoms with Gasteiger partial charge in [0.05, 0.1) is 0 Å². The van der Waals surface area contributed by atoms with E-state index in [9.17, 15) is 0 Å². The first-order valence-corrected chi connectivity index (χ1v) is 5.75. The summed E-state index contributed by atoms with van der Waals surface area (Å²) in [6.45, 7) is 7.51. The molecule has 0 radical (unpaired) electrons. The van der Waals surface area contributed by atoms with Crippen molar-refractivity contribution in [2.24, 2.45) is 11.7 Å². The summed E-state index contributed by atoms with van der Waals surface area (Å²) >= 11 is 0. The fourth-order valence-corrected chi connectivity index (χ4v) is 1.69. The highest BCUT2D eigenvalue weighted by Gasteiger charge is 2.10. The molecule has 86 valence electrons. The first-order chi connectivity index (χ1) is 7.13. The Morgan fingerprint density at radius 3 is 2.80 bits per heavy atom. The van der Waals surface area contributed by atoms with Crippen molar-refractivity contribution >= 4 is 0 Å². The highest BCUT2D eigenvalue weighted by molar-refractivity contribution is 4.89. The molecule has 1 aromatic rings. The molecule has 2 N–H and O–H groups in total. The van der Waals surface area contributed by atoms with E-state index in [1.54, 1.807) is 6.33 Å². The Labute approximate surface area is 91.9 Å². The molecule has 1 aromatic heterocycles. The smallest absolute Gasteiger partial charge is 0.134 e. The molecule has 0 bridgehead atoms. The molecule has 1 unspecified atom stereocenters. The van der Waals surface area contributed by atoms with Crippen LogP contribution in [0.4, 0.5) is 0 Å². The van der Waals surface area contributed by atoms with Crippen molar-refractivity contribution < 1.29 is 0 Å². The van der Waals surface area contributed by atoms with E-state index in [0.717, 1.165) is 31.6 Å². The van der Waals surface area contributed by atoms with Crippen molar-refractivity contribution in [3.8, 4) is 0 Å². The molecule has 1 heterocycles. The molecule has 0 aromatic carbocycles. The topological polar surface area (TPSA) is 56.7 Å². The summed E-state index contributed by atoms with van der Waals surface area (Å²) in [6.07, 6.45) is 4.81. The molecule has 0 aliphatic carbocycles. The van der Waals surface area contributed by atoms with Gasteiger partial charge in [0.2, 0.25) is 0 Å². The van der Waals surface area contributed by atoms with E-state index < -0.39 is 0 Å². The van der Waals surface area contributed by atoms with Crippen molar-refractivity contribution in [2.45, 2.75) is 52.6 Å². The molecule has 0 spiro atoms. The number of hydrogen-bond acceptors (Lipinski definition) is 3. The van der Waals surface area contributed by atoms with Gasteiger partial charge in [-0.25, -0.2) is 0 Å². The van der Waals surface area contributed by atoms with Gasteiger partial charge in [0.25, 0.3) is 0 Å². The lowest BCUT2D eigenvalue weighted by atomic mass is 10.1. The van der Waals surface area contributed by atoms with Crippen LogP contribution in [0.5, 0.6) is 0 Å². The number of nitrogens with zero attached hydrogens (tertiary/aromatic N) is 3. The second kappa shape index (κ2) is 5.85. The minimum atomic E-state index is 0.213. The van der Waals surface area contributed by atoms with Crippen LogP contribution >= 0.6 is 0 Å². The fraction of sp³-hybridized carbons (Fsp3) is 0.818. The fourth-order valence-electron chi connectivity index (χ4n) is 1.69. The number of nitrogens with two attached hydrogens (primary N) is 1. The Kier molecular flexibility index (Phi) is 4.75. The molecular weight excluding hydrogens is 188 g/mol. The van der Waals surface area contributed by atoms with Gasteiger partial charge in [0.1, 0.15) is 12.2 Å². The van der Waals surface area contributed by atoms with Crippen molar-refractivity contribution in [3.05, 3.63) is 12.2 Å². The van der Waals surface area contributed by atoms with Crippen LogP contribution in [0, 0.1) is 5.92 Å². The van der Waals surface area contributed by atoms with Gasteiger partial charge in [-0.15, -0.1) is 10.2 Å². The van der Waals surface area contributed by atoms with E-state index in [4.69, 9.17) is 5.73 Å². The molecule has 0 saturated heterocycles. The van der Waals surface area contributed by atoms with Gasteiger partial charge in [0, 0.05) is 19.0 Å². The van der Waals surface area contributed by atoms with Crippen LogP contribution in [0.15, 0.2) is 6.33 Å². The summed E-state index contributed by atoms with van der Waals surface area (Å²) in [4.78, 5) is 0. The van der Waals surface area contributed by atoms with Gasteiger partial charge in [0.15, 0.2) is 0 Å². The molecule has 0 saturated carbocycles. The minimum Gasteiger partial charge on any atom is -0.327 e. The maximum Gasteiger partial charge on any atom is 0.134 e. The van der Waals surface area contributed by atoms with Gasteiger partial charge in [-0.2, -0.15) is 0 Å². The van der Waals surface area contributed by atoms with Crippen LogP contribution in [0.1, 0.15) is 39.4 Å². The second-order valence-corrected chi connectivity index (χ2v) is 4.55. The SMILES string of the molecule is CCCC(N)Cc1nncn1CC(C)C. The van der Waals surface area contributed by atoms with Gasteiger partial charge in [-0.1, -0.05) is 27.2 Å². The summed E-state index contributed by atoms with van der Waals surface area (Å²) in [7, 11) is 0. The Balaban J connectivity index is 2.56. The summed E-state index contributed by atoms with van der Waals surface area (Å²) in [5, 5.41) is 8.07. The van der Waals surface area contributed by atoms with Gasteiger partial charge in [-0.05, 0) is 12.3 Å². The van der Waals surface area contributed by atoms with Crippen molar-refractivity contribution in [2.75, 3.05) is 0 Å². The predicted octanol–water partition coefficient (Wildman–Crippen LogP) is 1.60. The minimum absolute atomic E-state index is 0.213. The lowest BCUT2D eigenvalue weighted by Crippen LogP contribution is -2.24. The Morgan fingerprint density at radius 2 is 2.20 bits per heavy atom. The average Bonchev–Trinajstić information content (AvgIpc) is 2.52. The predicted molar refractivity (Wildman–Crippen MR) is 61.4 cm³/mol. The van der Waals surface area contributed by atoms with Gasteiger partial charge >= 0.3 is 0 Å². The van der Waals surface area contributed by atoms with Crippen LogP contribution in [0.3, 0.4) is 0 Å². The van der Waals surface area contributed by atoms with Crippen LogP contribution in [0.2, 0.25) is 0 Å². The van der Waals surface area contributed by atoms with E-state index in [1.807, 2.05) is 0 Å². The summed E-state index contributed by atoms with van der Waals surface area (Å²) in [5.41, 5.74) is 5.99. The Bertz CT molecular complexity index is 280. The summed E-state index contributed by atoms with van der Waals surface area (Å²) < 4.78 is 2.11. The maximum atomic E-state index is 5.99. The van der Waals surface area contributed by atoms with Gasteiger partial charge in [-0.3, -0.25) is 0 Å². The highest BCUT2D eigenvalue weighted by Crippen LogP contribution is 2.06. The molecule has 4 heteroatoms. The Morgan fingerprint density at radius 1 is 1.47 bits per heavy atom. The normalized spacial score (nSPS) is 13.4. The summed E-state index contributed by atoms with van der Waals surface area (Å²) in [5.74, 6) is 1.63. The van der Waals surface area contributed by atoms with E-state index in [-0.39, 0.29) is 6.04 Å². The number of aromatic nitrogens is 3. The number of rotatable bonds is 6. The third-order valence-electron chi connectivity index (χ3n) is 2.36. The van der Waals surface area contributed by atoms with E-state index in [0.29, 0.717) is 5.92 Å². The van der Waals surface area contributed by atoms with Crippen LogP contribution in [-0.2, 0) is 13.0 Å². The highest BCUT2D eigenvalue weighted by atomic mass is 15.3. The average molecular weight is 210 g/mol. The third-order valence-corrected chi connectivity index (χ3v) is 2.36. The molecule has 0 aliphatic heterocycles. The van der Waals surface area contributed by atoms with Crippen molar-refractivity contribution in [3.63, 3.8) is 0 Å². The first-order valence-electron chi connectivity index (χ1n) is 5.75. The standard InChI is InChI=1S/C11H22N4/c1-4-5-10(12)6-11-14-13-8-15(11)7-9(2)3/h8-10H,4-7,12H2,1-3H3. The third kappa shape index (κ3) is 4.00. The molecule has 0 fully saturated rings. The van der Waals surface area contributed by atoms with E-state index in [2.05, 4.69) is 35.5 Å². The number of hydrogen-bond donors (Lipinski definition) is 1. The molecule has 0 amide bonds. The summed E-state index contributed by atoms with van der Waals surface area (Å²) in [6, 6.07) is 0.213. The van der Waals surface area contributed by atoms with Gasteiger partial charge < -0.3 is 10.3 Å². The zero-order chi connectivity index (χ0) is 11.3.